The smallest absolute Gasteiger partial charge is 0.134 e. The summed E-state index contributed by atoms with van der Waals surface area (Å²) in [6.07, 6.45) is 0. The van der Waals surface area contributed by atoms with Gasteiger partial charge < -0.3 is 4.74 Å². The van der Waals surface area contributed by atoms with E-state index in [4.69, 9.17) is 21.6 Å². The first kappa shape index (κ1) is 12.9. The molecular formula is C14H9BrClNO. The molecule has 2 rings (SSSR count). The van der Waals surface area contributed by atoms with E-state index in [0.29, 0.717) is 22.9 Å². The zero-order valence-electron chi connectivity index (χ0n) is 9.36. The predicted molar refractivity (Wildman–Crippen MR) is 74.6 cm³/mol. The molecular weight excluding hydrogens is 314 g/mol. The third-order valence-electron chi connectivity index (χ3n) is 2.41. The van der Waals surface area contributed by atoms with Gasteiger partial charge in [-0.1, -0.05) is 29.8 Å². The molecule has 90 valence electrons. The topological polar surface area (TPSA) is 33.0 Å². The molecule has 0 aromatic heterocycles. The highest BCUT2D eigenvalue weighted by Gasteiger charge is 2.05. The number of nitriles is 1. The molecule has 0 fully saturated rings. The van der Waals surface area contributed by atoms with E-state index in [1.165, 1.54) is 0 Å². The molecule has 0 N–H and O–H groups in total. The molecule has 0 saturated heterocycles. The van der Waals surface area contributed by atoms with Gasteiger partial charge in [0, 0.05) is 10.6 Å². The summed E-state index contributed by atoms with van der Waals surface area (Å²) in [5.74, 6) is 0.701. The number of ether oxygens (including phenoxy) is 1. The van der Waals surface area contributed by atoms with Crippen molar-refractivity contribution >= 4 is 27.5 Å². The standard InChI is InChI=1S/C14H9BrClNO/c15-13-7-12(16)5-6-14(13)18-9-11-4-2-1-3-10(11)8-17/h1-7H,9H2. The van der Waals surface area contributed by atoms with E-state index < -0.39 is 0 Å². The first-order chi connectivity index (χ1) is 8.70. The molecule has 18 heavy (non-hydrogen) atoms. The summed E-state index contributed by atoms with van der Waals surface area (Å²) < 4.78 is 6.46. The average molecular weight is 323 g/mol. The maximum absolute atomic E-state index is 8.97. The highest BCUT2D eigenvalue weighted by molar-refractivity contribution is 9.10. The Balaban J connectivity index is 2.14. The largest absolute Gasteiger partial charge is 0.488 e. The fourth-order valence-electron chi connectivity index (χ4n) is 1.50. The second-order valence-electron chi connectivity index (χ2n) is 3.63. The van der Waals surface area contributed by atoms with Crippen LogP contribution in [-0.4, -0.2) is 0 Å². The number of hydrogen-bond acceptors (Lipinski definition) is 2. The van der Waals surface area contributed by atoms with Crippen LogP contribution in [0.2, 0.25) is 5.02 Å². The van der Waals surface area contributed by atoms with Crippen molar-refractivity contribution < 1.29 is 4.74 Å². The Labute approximate surface area is 119 Å². The molecule has 0 radical (unpaired) electrons. The molecule has 0 amide bonds. The van der Waals surface area contributed by atoms with E-state index in [9.17, 15) is 0 Å². The predicted octanol–water partition coefficient (Wildman–Crippen LogP) is 4.55. The Morgan fingerprint density at radius 3 is 2.72 bits per heavy atom. The van der Waals surface area contributed by atoms with E-state index in [0.717, 1.165) is 10.0 Å². The first-order valence-corrected chi connectivity index (χ1v) is 6.43. The van der Waals surface area contributed by atoms with Gasteiger partial charge in [0.25, 0.3) is 0 Å². The van der Waals surface area contributed by atoms with E-state index in [2.05, 4.69) is 22.0 Å². The molecule has 0 spiro atoms. The normalized spacial score (nSPS) is 9.83. The number of hydrogen-bond donors (Lipinski definition) is 0. The summed E-state index contributed by atoms with van der Waals surface area (Å²) in [6.45, 7) is 0.351. The minimum Gasteiger partial charge on any atom is -0.488 e. The fourth-order valence-corrected chi connectivity index (χ4v) is 2.30. The molecule has 2 aromatic carbocycles. The SMILES string of the molecule is N#Cc1ccccc1COc1ccc(Cl)cc1Br. The maximum atomic E-state index is 8.97. The molecule has 0 aliphatic rings. The van der Waals surface area contributed by atoms with Crippen molar-refractivity contribution in [1.82, 2.24) is 0 Å². The highest BCUT2D eigenvalue weighted by atomic mass is 79.9. The van der Waals surface area contributed by atoms with Crippen molar-refractivity contribution in [1.29, 1.82) is 5.26 Å². The van der Waals surface area contributed by atoms with E-state index in [1.54, 1.807) is 24.3 Å². The summed E-state index contributed by atoms with van der Waals surface area (Å²) in [5.41, 5.74) is 1.49. The first-order valence-electron chi connectivity index (χ1n) is 5.26. The number of nitrogens with zero attached hydrogens (tertiary/aromatic N) is 1. The van der Waals surface area contributed by atoms with Gasteiger partial charge in [-0.3, -0.25) is 0 Å². The van der Waals surface area contributed by atoms with Crippen LogP contribution in [0, 0.1) is 11.3 Å². The molecule has 0 saturated carbocycles. The lowest BCUT2D eigenvalue weighted by Crippen LogP contribution is -1.98. The molecule has 0 atom stereocenters. The Hall–Kier alpha value is -1.50. The van der Waals surface area contributed by atoms with E-state index >= 15 is 0 Å². The van der Waals surface area contributed by atoms with Crippen molar-refractivity contribution in [3.8, 4) is 11.8 Å². The lowest BCUT2D eigenvalue weighted by atomic mass is 10.1. The Morgan fingerprint density at radius 1 is 1.22 bits per heavy atom. The zero-order chi connectivity index (χ0) is 13.0. The van der Waals surface area contributed by atoms with Crippen molar-refractivity contribution in [2.45, 2.75) is 6.61 Å². The van der Waals surface area contributed by atoms with Gasteiger partial charge in [0.1, 0.15) is 12.4 Å². The van der Waals surface area contributed by atoms with Crippen LogP contribution >= 0.6 is 27.5 Å². The molecule has 0 bridgehead atoms. The quantitative estimate of drug-likeness (QED) is 0.830. The lowest BCUT2D eigenvalue weighted by molar-refractivity contribution is 0.304. The van der Waals surface area contributed by atoms with Gasteiger partial charge in [0.05, 0.1) is 16.1 Å². The molecule has 0 unspecified atom stereocenters. The Kier molecular flexibility index (Phi) is 4.24. The molecule has 2 nitrogen and oxygen atoms in total. The third-order valence-corrected chi connectivity index (χ3v) is 3.27. The second-order valence-corrected chi connectivity index (χ2v) is 4.92. The average Bonchev–Trinajstić information content (AvgIpc) is 2.38. The van der Waals surface area contributed by atoms with Crippen LogP contribution in [-0.2, 0) is 6.61 Å². The molecule has 4 heteroatoms. The molecule has 0 aliphatic carbocycles. The van der Waals surface area contributed by atoms with Crippen molar-refractivity contribution in [2.24, 2.45) is 0 Å². The highest BCUT2D eigenvalue weighted by Crippen LogP contribution is 2.28. The lowest BCUT2D eigenvalue weighted by Gasteiger charge is -2.09. The van der Waals surface area contributed by atoms with Crippen molar-refractivity contribution in [2.75, 3.05) is 0 Å². The van der Waals surface area contributed by atoms with Gasteiger partial charge in [-0.25, -0.2) is 0 Å². The number of halogens is 2. The monoisotopic (exact) mass is 321 g/mol. The summed E-state index contributed by atoms with van der Waals surface area (Å²) in [5, 5.41) is 9.62. The fraction of sp³-hybridized carbons (Fsp3) is 0.0714. The second kappa shape index (κ2) is 5.90. The van der Waals surface area contributed by atoms with Gasteiger partial charge in [-0.2, -0.15) is 5.26 Å². The summed E-state index contributed by atoms with van der Waals surface area (Å²) in [4.78, 5) is 0. The van der Waals surface area contributed by atoms with Crippen LogP contribution in [0.1, 0.15) is 11.1 Å². The molecule has 2 aromatic rings. The zero-order valence-corrected chi connectivity index (χ0v) is 11.7. The third kappa shape index (κ3) is 3.04. The minimum atomic E-state index is 0.351. The molecule has 0 heterocycles. The van der Waals surface area contributed by atoms with Gasteiger partial charge >= 0.3 is 0 Å². The Bertz CT molecular complexity index is 607. The van der Waals surface area contributed by atoms with Crippen LogP contribution in [0.3, 0.4) is 0 Å². The number of benzene rings is 2. The summed E-state index contributed by atoms with van der Waals surface area (Å²) in [6, 6.07) is 14.8. The Morgan fingerprint density at radius 2 is 2.00 bits per heavy atom. The molecule has 0 aliphatic heterocycles. The minimum absolute atomic E-state index is 0.351. The summed E-state index contributed by atoms with van der Waals surface area (Å²) in [7, 11) is 0. The van der Waals surface area contributed by atoms with Crippen LogP contribution in [0.15, 0.2) is 46.9 Å². The van der Waals surface area contributed by atoms with Crippen LogP contribution in [0.5, 0.6) is 5.75 Å². The van der Waals surface area contributed by atoms with Gasteiger partial charge in [-0.05, 0) is 40.2 Å². The van der Waals surface area contributed by atoms with E-state index in [1.807, 2.05) is 18.2 Å². The maximum Gasteiger partial charge on any atom is 0.134 e. The van der Waals surface area contributed by atoms with Crippen molar-refractivity contribution in [3.05, 3.63) is 63.1 Å². The van der Waals surface area contributed by atoms with Crippen LogP contribution in [0.4, 0.5) is 0 Å². The van der Waals surface area contributed by atoms with Crippen LogP contribution in [0.25, 0.3) is 0 Å². The van der Waals surface area contributed by atoms with Crippen molar-refractivity contribution in [3.63, 3.8) is 0 Å². The summed E-state index contributed by atoms with van der Waals surface area (Å²) >= 11 is 9.23. The van der Waals surface area contributed by atoms with Crippen LogP contribution < -0.4 is 4.74 Å². The van der Waals surface area contributed by atoms with Gasteiger partial charge in [0.2, 0.25) is 0 Å². The van der Waals surface area contributed by atoms with E-state index in [-0.39, 0.29) is 0 Å². The van der Waals surface area contributed by atoms with Gasteiger partial charge in [-0.15, -0.1) is 0 Å². The number of rotatable bonds is 3. The van der Waals surface area contributed by atoms with Gasteiger partial charge in [0.15, 0.2) is 0 Å².